The van der Waals surface area contributed by atoms with E-state index in [1.807, 2.05) is 24.6 Å². The summed E-state index contributed by atoms with van der Waals surface area (Å²) in [5.41, 5.74) is 2.12. The van der Waals surface area contributed by atoms with E-state index < -0.39 is 5.97 Å². The second kappa shape index (κ2) is 7.58. The Kier molecular flexibility index (Phi) is 4.98. The Hall–Kier alpha value is -2.96. The number of benzene rings is 1. The molecule has 3 aromatic rings. The first kappa shape index (κ1) is 18.4. The number of halogens is 1. The lowest BCUT2D eigenvalue weighted by molar-refractivity contribution is 0.0452. The molecule has 2 heterocycles. The van der Waals surface area contributed by atoms with Gasteiger partial charge in [-0.2, -0.15) is 5.10 Å². The second-order valence-corrected chi connectivity index (χ2v) is 7.23. The third-order valence-corrected chi connectivity index (χ3v) is 4.69. The van der Waals surface area contributed by atoms with Crippen LogP contribution in [-0.4, -0.2) is 33.9 Å². The van der Waals surface area contributed by atoms with Gasteiger partial charge < -0.3 is 9.47 Å². The number of hydrogen-bond donors (Lipinski definition) is 0. The number of ether oxygens (including phenoxy) is 2. The lowest BCUT2D eigenvalue weighted by atomic mass is 10.1. The maximum absolute atomic E-state index is 12.9. The highest BCUT2D eigenvalue weighted by Gasteiger charge is 2.28. The van der Waals surface area contributed by atoms with Gasteiger partial charge in [-0.3, -0.25) is 0 Å². The van der Waals surface area contributed by atoms with Gasteiger partial charge in [0.25, 0.3) is 0 Å². The smallest absolute Gasteiger partial charge is 0.339 e. The number of carbonyl (C=O) groups excluding carboxylic acids is 1. The fourth-order valence-electron chi connectivity index (χ4n) is 3.07. The van der Waals surface area contributed by atoms with E-state index in [0.717, 1.165) is 18.5 Å². The van der Waals surface area contributed by atoms with E-state index in [1.54, 1.807) is 6.20 Å². The zero-order valence-electron chi connectivity index (χ0n) is 15.9. The van der Waals surface area contributed by atoms with E-state index >= 15 is 0 Å². The van der Waals surface area contributed by atoms with Gasteiger partial charge in [-0.15, -0.1) is 0 Å². The van der Waals surface area contributed by atoms with Crippen molar-refractivity contribution in [1.82, 2.24) is 14.8 Å². The predicted octanol–water partition coefficient (Wildman–Crippen LogP) is 4.26. The molecule has 7 heteroatoms. The molecule has 1 aliphatic rings. The Morgan fingerprint density at radius 3 is 2.68 bits per heavy atom. The van der Waals surface area contributed by atoms with Crippen molar-refractivity contribution in [3.8, 4) is 5.75 Å². The maximum Gasteiger partial charge on any atom is 0.339 e. The number of carbonyl (C=O) groups is 1. The van der Waals surface area contributed by atoms with Crippen molar-refractivity contribution < 1.29 is 18.7 Å². The Balaban J connectivity index is 1.47. The van der Waals surface area contributed by atoms with Crippen LogP contribution < -0.4 is 4.74 Å². The number of hydrogen-bond acceptors (Lipinski definition) is 5. The highest BCUT2D eigenvalue weighted by molar-refractivity contribution is 6.02. The molecule has 2 aromatic heterocycles. The molecule has 4 rings (SSSR count). The third kappa shape index (κ3) is 3.83. The molecule has 1 fully saturated rings. The molecule has 28 heavy (non-hydrogen) atoms. The zero-order chi connectivity index (χ0) is 19.7. The zero-order valence-corrected chi connectivity index (χ0v) is 15.9. The molecule has 1 saturated carbocycles. The van der Waals surface area contributed by atoms with Crippen molar-refractivity contribution >= 4 is 17.0 Å². The Morgan fingerprint density at radius 2 is 2.00 bits per heavy atom. The molecule has 6 nitrogen and oxygen atoms in total. The molecule has 0 spiro atoms. The van der Waals surface area contributed by atoms with Crippen LogP contribution in [0.1, 0.15) is 54.7 Å². The summed E-state index contributed by atoms with van der Waals surface area (Å²) in [4.78, 5) is 17.4. The van der Waals surface area contributed by atoms with E-state index in [0.29, 0.717) is 28.3 Å². The SMILES string of the molecule is CC(C)n1ncc2c(C(=O)OCCOc3ccc(F)cc3)cc(C3CC3)nc21. The number of esters is 1. The summed E-state index contributed by atoms with van der Waals surface area (Å²) in [5, 5.41) is 5.09. The van der Waals surface area contributed by atoms with E-state index in [-0.39, 0.29) is 25.1 Å². The minimum Gasteiger partial charge on any atom is -0.490 e. The Bertz CT molecular complexity index is 994. The van der Waals surface area contributed by atoms with E-state index in [9.17, 15) is 9.18 Å². The number of fused-ring (bicyclic) bond motifs is 1. The topological polar surface area (TPSA) is 66.2 Å². The standard InChI is InChI=1S/C21H22FN3O3/c1-13(2)25-20-18(12-23-25)17(11-19(24-20)14-3-4-14)21(26)28-10-9-27-16-7-5-15(22)6-8-16/h5-8,11-14H,3-4,9-10H2,1-2H3. The molecule has 0 bridgehead atoms. The number of nitrogens with zero attached hydrogens (tertiary/aromatic N) is 3. The molecule has 0 aliphatic heterocycles. The molecule has 1 aromatic carbocycles. The van der Waals surface area contributed by atoms with Crippen molar-refractivity contribution in [3.05, 3.63) is 53.6 Å². The first-order valence-electron chi connectivity index (χ1n) is 9.46. The fourth-order valence-corrected chi connectivity index (χ4v) is 3.07. The molecule has 0 saturated heterocycles. The van der Waals surface area contributed by atoms with Crippen LogP contribution in [0.4, 0.5) is 4.39 Å². The number of rotatable bonds is 7. The quantitative estimate of drug-likeness (QED) is 0.450. The van der Waals surface area contributed by atoms with Gasteiger partial charge in [0.1, 0.15) is 24.8 Å². The first-order chi connectivity index (χ1) is 13.5. The molecule has 146 valence electrons. The van der Waals surface area contributed by atoms with Crippen LogP contribution in [0.15, 0.2) is 36.5 Å². The van der Waals surface area contributed by atoms with Gasteiger partial charge in [0.15, 0.2) is 5.65 Å². The van der Waals surface area contributed by atoms with Crippen LogP contribution in [0.25, 0.3) is 11.0 Å². The van der Waals surface area contributed by atoms with Gasteiger partial charge in [0.05, 0.1) is 17.1 Å². The molecule has 0 N–H and O–H groups in total. The van der Waals surface area contributed by atoms with Crippen molar-refractivity contribution in [3.63, 3.8) is 0 Å². The molecular formula is C21H22FN3O3. The summed E-state index contributed by atoms with van der Waals surface area (Å²) in [7, 11) is 0. The van der Waals surface area contributed by atoms with Crippen LogP contribution in [0, 0.1) is 5.82 Å². The summed E-state index contributed by atoms with van der Waals surface area (Å²) in [6, 6.07) is 7.68. The largest absolute Gasteiger partial charge is 0.490 e. The average Bonchev–Trinajstić information content (AvgIpc) is 3.44. The minimum atomic E-state index is -0.416. The normalized spacial score (nSPS) is 13.9. The van der Waals surface area contributed by atoms with Crippen LogP contribution in [0.2, 0.25) is 0 Å². The fraction of sp³-hybridized carbons (Fsp3) is 0.381. The molecule has 0 radical (unpaired) electrons. The van der Waals surface area contributed by atoms with Crippen LogP contribution in [0.5, 0.6) is 5.75 Å². The minimum absolute atomic E-state index is 0.0944. The van der Waals surface area contributed by atoms with Crippen LogP contribution in [0.3, 0.4) is 0 Å². The van der Waals surface area contributed by atoms with Gasteiger partial charge in [-0.1, -0.05) is 0 Å². The molecule has 1 aliphatic carbocycles. The summed E-state index contributed by atoms with van der Waals surface area (Å²) >= 11 is 0. The highest BCUT2D eigenvalue weighted by atomic mass is 19.1. The number of pyridine rings is 1. The second-order valence-electron chi connectivity index (χ2n) is 7.23. The van der Waals surface area contributed by atoms with Crippen molar-refractivity contribution in [2.24, 2.45) is 0 Å². The van der Waals surface area contributed by atoms with Gasteiger partial charge >= 0.3 is 5.97 Å². The summed E-state index contributed by atoms with van der Waals surface area (Å²) in [6.45, 7) is 4.34. The van der Waals surface area contributed by atoms with E-state index in [2.05, 4.69) is 5.10 Å². The lowest BCUT2D eigenvalue weighted by Crippen LogP contribution is -2.13. The summed E-state index contributed by atoms with van der Waals surface area (Å²) < 4.78 is 25.6. The highest BCUT2D eigenvalue weighted by Crippen LogP contribution is 2.40. The summed E-state index contributed by atoms with van der Waals surface area (Å²) in [6.07, 6.45) is 3.85. The van der Waals surface area contributed by atoms with Crippen molar-refractivity contribution in [2.75, 3.05) is 13.2 Å². The van der Waals surface area contributed by atoms with Gasteiger partial charge in [0, 0.05) is 17.7 Å². The van der Waals surface area contributed by atoms with E-state index in [4.69, 9.17) is 14.5 Å². The number of aromatic nitrogens is 3. The van der Waals surface area contributed by atoms with E-state index in [1.165, 1.54) is 24.3 Å². The van der Waals surface area contributed by atoms with Gasteiger partial charge in [-0.25, -0.2) is 18.9 Å². The first-order valence-corrected chi connectivity index (χ1v) is 9.46. The molecule has 0 atom stereocenters. The lowest BCUT2D eigenvalue weighted by Gasteiger charge is -2.11. The molecular weight excluding hydrogens is 361 g/mol. The van der Waals surface area contributed by atoms with Crippen LogP contribution >= 0.6 is 0 Å². The summed E-state index contributed by atoms with van der Waals surface area (Å²) in [5.74, 6) is 0.195. The molecule has 0 unspecified atom stereocenters. The average molecular weight is 383 g/mol. The monoisotopic (exact) mass is 383 g/mol. The molecule has 0 amide bonds. The van der Waals surface area contributed by atoms with Crippen molar-refractivity contribution in [2.45, 2.75) is 38.6 Å². The maximum atomic E-state index is 12.9. The van der Waals surface area contributed by atoms with Crippen LogP contribution in [-0.2, 0) is 4.74 Å². The van der Waals surface area contributed by atoms with Gasteiger partial charge in [0.2, 0.25) is 0 Å². The third-order valence-electron chi connectivity index (χ3n) is 4.69. The Labute approximate surface area is 162 Å². The van der Waals surface area contributed by atoms with Crippen molar-refractivity contribution in [1.29, 1.82) is 0 Å². The predicted molar refractivity (Wildman–Crippen MR) is 102 cm³/mol. The Morgan fingerprint density at radius 1 is 1.25 bits per heavy atom. The van der Waals surface area contributed by atoms with Gasteiger partial charge in [-0.05, 0) is 57.0 Å².